The van der Waals surface area contributed by atoms with Crippen molar-refractivity contribution in [2.45, 2.75) is 47.5 Å². The second kappa shape index (κ2) is 10.6. The number of hydrogen-bond acceptors (Lipinski definition) is 3. The molecule has 0 unspecified atom stereocenters. The lowest BCUT2D eigenvalue weighted by molar-refractivity contribution is -0.114. The number of anilines is 2. The molecule has 2 N–H and O–H groups in total. The Bertz CT molecular complexity index is 832. The molecule has 2 aromatic carbocycles. The summed E-state index contributed by atoms with van der Waals surface area (Å²) in [7, 11) is 0. The molecule has 0 heterocycles. The van der Waals surface area contributed by atoms with Crippen molar-refractivity contribution in [1.29, 1.82) is 0 Å². The summed E-state index contributed by atoms with van der Waals surface area (Å²) in [5, 5.41) is 6.12. The first-order valence-corrected chi connectivity index (χ1v) is 10.4. The average Bonchev–Trinajstić information content (AvgIpc) is 2.66. The van der Waals surface area contributed by atoms with E-state index in [1.807, 2.05) is 18.7 Å². The first-order chi connectivity index (χ1) is 13.8. The molecule has 0 fully saturated rings. The number of rotatable bonds is 9. The van der Waals surface area contributed by atoms with Gasteiger partial charge in [-0.05, 0) is 62.9 Å². The topological polar surface area (TPSA) is 61.4 Å². The fourth-order valence-corrected chi connectivity index (χ4v) is 3.60. The van der Waals surface area contributed by atoms with E-state index in [2.05, 4.69) is 43.5 Å². The maximum Gasteiger partial charge on any atom is 0.253 e. The zero-order valence-corrected chi connectivity index (χ0v) is 18.3. The number of nitrogens with one attached hydrogen (secondary N) is 2. The van der Waals surface area contributed by atoms with E-state index >= 15 is 0 Å². The molecule has 29 heavy (non-hydrogen) atoms. The maximum atomic E-state index is 12.8. The van der Waals surface area contributed by atoms with Crippen LogP contribution < -0.4 is 10.6 Å². The molecule has 2 amide bonds. The molecule has 5 nitrogen and oxygen atoms in total. The summed E-state index contributed by atoms with van der Waals surface area (Å²) in [5.41, 5.74) is 5.67. The van der Waals surface area contributed by atoms with Crippen LogP contribution in [0.1, 0.15) is 53.7 Å². The number of amides is 2. The minimum absolute atomic E-state index is 0.00817. The Hall–Kier alpha value is -2.82. The van der Waals surface area contributed by atoms with Crippen LogP contribution in [0.4, 0.5) is 11.4 Å². The number of aryl methyl sites for hydroxylation is 3. The van der Waals surface area contributed by atoms with Gasteiger partial charge in [-0.3, -0.25) is 9.59 Å². The molecule has 0 aliphatic heterocycles. The molecular weight excluding hydrogens is 362 g/mol. The van der Waals surface area contributed by atoms with Crippen molar-refractivity contribution in [3.8, 4) is 0 Å². The molecule has 0 saturated carbocycles. The fourth-order valence-electron chi connectivity index (χ4n) is 3.60. The van der Waals surface area contributed by atoms with E-state index in [1.54, 1.807) is 24.3 Å². The van der Waals surface area contributed by atoms with Crippen LogP contribution in [-0.2, 0) is 4.79 Å². The van der Waals surface area contributed by atoms with E-state index in [1.165, 1.54) is 5.56 Å². The van der Waals surface area contributed by atoms with Gasteiger partial charge in [0, 0.05) is 30.0 Å². The first kappa shape index (κ1) is 22.5. The standard InChI is InChI=1S/C24H33N3O2/c1-6-11-27(12-7-2)24(29)20-9-8-10-21(15-20)26-22(28)16-25-23-18(4)13-17(3)14-19(23)5/h8-10,13-15,25H,6-7,11-12,16H2,1-5H3,(H,26,28). The van der Waals surface area contributed by atoms with Crippen LogP contribution in [0.15, 0.2) is 36.4 Å². The van der Waals surface area contributed by atoms with E-state index in [9.17, 15) is 9.59 Å². The zero-order valence-electron chi connectivity index (χ0n) is 18.3. The molecule has 0 spiro atoms. The van der Waals surface area contributed by atoms with E-state index < -0.39 is 0 Å². The van der Waals surface area contributed by atoms with Gasteiger partial charge in [0.05, 0.1) is 6.54 Å². The predicted octanol–water partition coefficient (Wildman–Crippen LogP) is 4.92. The molecule has 5 heteroatoms. The van der Waals surface area contributed by atoms with E-state index in [0.29, 0.717) is 11.3 Å². The third-order valence-electron chi connectivity index (χ3n) is 4.77. The summed E-state index contributed by atoms with van der Waals surface area (Å²) >= 11 is 0. The van der Waals surface area contributed by atoms with Crippen LogP contribution in [-0.4, -0.2) is 36.3 Å². The molecule has 0 radical (unpaired) electrons. The summed E-state index contributed by atoms with van der Waals surface area (Å²) < 4.78 is 0. The molecule has 156 valence electrons. The number of nitrogens with zero attached hydrogens (tertiary/aromatic N) is 1. The summed E-state index contributed by atoms with van der Waals surface area (Å²) in [4.78, 5) is 27.1. The van der Waals surface area contributed by atoms with Crippen molar-refractivity contribution in [1.82, 2.24) is 4.90 Å². The Balaban J connectivity index is 2.02. The summed E-state index contributed by atoms with van der Waals surface area (Å²) in [6.07, 6.45) is 1.84. The number of carbonyl (C=O) groups is 2. The van der Waals surface area contributed by atoms with Gasteiger partial charge in [-0.2, -0.15) is 0 Å². The fraction of sp³-hybridized carbons (Fsp3) is 0.417. The molecule has 0 aromatic heterocycles. The van der Waals surface area contributed by atoms with Crippen molar-refractivity contribution in [3.05, 3.63) is 58.7 Å². The second-order valence-electron chi connectivity index (χ2n) is 7.55. The van der Waals surface area contributed by atoms with Crippen LogP contribution in [0.3, 0.4) is 0 Å². The Labute approximate surface area is 174 Å². The van der Waals surface area contributed by atoms with Crippen LogP contribution in [0.25, 0.3) is 0 Å². The molecular formula is C24H33N3O2. The van der Waals surface area contributed by atoms with Crippen molar-refractivity contribution in [3.63, 3.8) is 0 Å². The Kier molecular flexibility index (Phi) is 8.25. The lowest BCUT2D eigenvalue weighted by atomic mass is 10.1. The highest BCUT2D eigenvalue weighted by atomic mass is 16.2. The molecule has 0 aliphatic carbocycles. The van der Waals surface area contributed by atoms with Crippen LogP contribution in [0.2, 0.25) is 0 Å². The molecule has 0 atom stereocenters. The number of benzene rings is 2. The quantitative estimate of drug-likeness (QED) is 0.633. The van der Waals surface area contributed by atoms with Gasteiger partial charge in [-0.25, -0.2) is 0 Å². The minimum atomic E-state index is -0.145. The highest BCUT2D eigenvalue weighted by molar-refractivity contribution is 5.98. The third kappa shape index (κ3) is 6.34. The maximum absolute atomic E-state index is 12.8. The summed E-state index contributed by atoms with van der Waals surface area (Å²) in [6.45, 7) is 11.9. The zero-order chi connectivity index (χ0) is 21.4. The minimum Gasteiger partial charge on any atom is -0.376 e. The van der Waals surface area contributed by atoms with Crippen molar-refractivity contribution in [2.24, 2.45) is 0 Å². The normalized spacial score (nSPS) is 10.5. The highest BCUT2D eigenvalue weighted by Gasteiger charge is 2.15. The van der Waals surface area contributed by atoms with Crippen molar-refractivity contribution >= 4 is 23.2 Å². The van der Waals surface area contributed by atoms with E-state index in [0.717, 1.165) is 42.7 Å². The van der Waals surface area contributed by atoms with Gasteiger partial charge in [-0.1, -0.05) is 37.6 Å². The van der Waals surface area contributed by atoms with Gasteiger partial charge in [0.2, 0.25) is 5.91 Å². The van der Waals surface area contributed by atoms with Crippen LogP contribution >= 0.6 is 0 Å². The Morgan fingerprint density at radius 2 is 1.55 bits per heavy atom. The second-order valence-corrected chi connectivity index (χ2v) is 7.55. The Morgan fingerprint density at radius 1 is 0.931 bits per heavy atom. The summed E-state index contributed by atoms with van der Waals surface area (Å²) in [6, 6.07) is 11.4. The SMILES string of the molecule is CCCN(CCC)C(=O)c1cccc(NC(=O)CNc2c(C)cc(C)cc2C)c1. The van der Waals surface area contributed by atoms with Crippen LogP contribution in [0, 0.1) is 20.8 Å². The lowest BCUT2D eigenvalue weighted by Gasteiger charge is -2.21. The summed E-state index contributed by atoms with van der Waals surface area (Å²) in [5.74, 6) is -0.137. The molecule has 2 aromatic rings. The van der Waals surface area contributed by atoms with Gasteiger partial charge in [0.25, 0.3) is 5.91 Å². The average molecular weight is 396 g/mol. The lowest BCUT2D eigenvalue weighted by Crippen LogP contribution is -2.32. The number of hydrogen-bond donors (Lipinski definition) is 2. The molecule has 0 saturated heterocycles. The van der Waals surface area contributed by atoms with Gasteiger partial charge in [0.1, 0.15) is 0 Å². The van der Waals surface area contributed by atoms with E-state index in [4.69, 9.17) is 0 Å². The highest BCUT2D eigenvalue weighted by Crippen LogP contribution is 2.21. The van der Waals surface area contributed by atoms with Crippen molar-refractivity contribution in [2.75, 3.05) is 30.3 Å². The molecule has 0 bridgehead atoms. The van der Waals surface area contributed by atoms with E-state index in [-0.39, 0.29) is 18.4 Å². The third-order valence-corrected chi connectivity index (χ3v) is 4.77. The van der Waals surface area contributed by atoms with Gasteiger partial charge >= 0.3 is 0 Å². The van der Waals surface area contributed by atoms with Crippen molar-refractivity contribution < 1.29 is 9.59 Å². The monoisotopic (exact) mass is 395 g/mol. The predicted molar refractivity (Wildman–Crippen MR) is 121 cm³/mol. The number of carbonyl (C=O) groups excluding carboxylic acids is 2. The molecule has 0 aliphatic rings. The molecule has 2 rings (SSSR count). The first-order valence-electron chi connectivity index (χ1n) is 10.4. The van der Waals surface area contributed by atoms with Crippen LogP contribution in [0.5, 0.6) is 0 Å². The Morgan fingerprint density at radius 3 is 2.14 bits per heavy atom. The van der Waals surface area contributed by atoms with Gasteiger partial charge in [-0.15, -0.1) is 0 Å². The van der Waals surface area contributed by atoms with Gasteiger partial charge in [0.15, 0.2) is 0 Å². The largest absolute Gasteiger partial charge is 0.376 e. The smallest absolute Gasteiger partial charge is 0.253 e. The van der Waals surface area contributed by atoms with Gasteiger partial charge < -0.3 is 15.5 Å².